The van der Waals surface area contributed by atoms with Gasteiger partial charge in [-0.25, -0.2) is 5.43 Å². The van der Waals surface area contributed by atoms with Crippen molar-refractivity contribution < 1.29 is 19.2 Å². The maximum atomic E-state index is 12.0. The van der Waals surface area contributed by atoms with Crippen LogP contribution in [0.15, 0.2) is 47.6 Å². The second-order valence-electron chi connectivity index (χ2n) is 4.59. The molecular formula is C16H15N3O5. The number of carbonyl (C=O) groups is 1. The average Bonchev–Trinajstić information content (AvgIpc) is 2.61. The molecule has 0 aliphatic rings. The number of nitrogens with one attached hydrogen (secondary N) is 1. The van der Waals surface area contributed by atoms with Gasteiger partial charge in [-0.05, 0) is 29.8 Å². The second-order valence-corrected chi connectivity index (χ2v) is 4.59. The SMILES string of the molecule is COc1ccc(/C=N\NC(=O)c2ccccc2[N+](=O)[O-])cc1OC. The molecular weight excluding hydrogens is 314 g/mol. The van der Waals surface area contributed by atoms with E-state index in [0.717, 1.165) is 0 Å². The summed E-state index contributed by atoms with van der Waals surface area (Å²) in [5.41, 5.74) is 2.58. The minimum Gasteiger partial charge on any atom is -0.493 e. The van der Waals surface area contributed by atoms with E-state index in [-0.39, 0.29) is 11.3 Å². The van der Waals surface area contributed by atoms with Gasteiger partial charge in [0, 0.05) is 6.07 Å². The lowest BCUT2D eigenvalue weighted by molar-refractivity contribution is -0.385. The first-order valence-corrected chi connectivity index (χ1v) is 6.85. The molecule has 0 aliphatic heterocycles. The van der Waals surface area contributed by atoms with Crippen LogP contribution in [0.4, 0.5) is 5.69 Å². The minimum absolute atomic E-state index is 0.0630. The largest absolute Gasteiger partial charge is 0.493 e. The van der Waals surface area contributed by atoms with E-state index in [2.05, 4.69) is 10.5 Å². The second kappa shape index (κ2) is 7.73. The zero-order valence-corrected chi connectivity index (χ0v) is 13.1. The molecule has 24 heavy (non-hydrogen) atoms. The minimum atomic E-state index is -0.668. The highest BCUT2D eigenvalue weighted by atomic mass is 16.6. The first kappa shape index (κ1) is 16.9. The van der Waals surface area contributed by atoms with Gasteiger partial charge in [-0.2, -0.15) is 5.10 Å². The fourth-order valence-corrected chi connectivity index (χ4v) is 1.98. The number of hydrogen-bond donors (Lipinski definition) is 1. The lowest BCUT2D eigenvalue weighted by atomic mass is 10.2. The number of para-hydroxylation sites is 1. The Morgan fingerprint density at radius 3 is 2.54 bits per heavy atom. The molecule has 2 rings (SSSR count). The molecule has 2 aromatic carbocycles. The van der Waals surface area contributed by atoms with Crippen molar-refractivity contribution in [1.82, 2.24) is 5.43 Å². The molecule has 0 fully saturated rings. The summed E-state index contributed by atoms with van der Waals surface area (Å²) in [7, 11) is 3.04. The van der Waals surface area contributed by atoms with Gasteiger partial charge in [-0.1, -0.05) is 12.1 Å². The van der Waals surface area contributed by atoms with Gasteiger partial charge < -0.3 is 9.47 Å². The number of carbonyl (C=O) groups excluding carboxylic acids is 1. The Balaban J connectivity index is 2.12. The van der Waals surface area contributed by atoms with E-state index in [4.69, 9.17) is 9.47 Å². The number of rotatable bonds is 6. The number of nitro groups is 1. The van der Waals surface area contributed by atoms with E-state index in [1.165, 1.54) is 38.6 Å². The van der Waals surface area contributed by atoms with Crippen LogP contribution in [-0.2, 0) is 0 Å². The Morgan fingerprint density at radius 1 is 1.17 bits per heavy atom. The van der Waals surface area contributed by atoms with Crippen molar-refractivity contribution in [2.45, 2.75) is 0 Å². The molecule has 0 atom stereocenters. The molecule has 1 N–H and O–H groups in total. The number of methoxy groups -OCH3 is 2. The molecule has 0 aliphatic carbocycles. The highest BCUT2D eigenvalue weighted by Gasteiger charge is 2.18. The van der Waals surface area contributed by atoms with Crippen LogP contribution in [0.2, 0.25) is 0 Å². The molecule has 0 saturated heterocycles. The summed E-state index contributed by atoms with van der Waals surface area (Å²) in [6.07, 6.45) is 1.40. The molecule has 0 aromatic heterocycles. The summed E-state index contributed by atoms with van der Waals surface area (Å²) in [4.78, 5) is 22.3. The van der Waals surface area contributed by atoms with Crippen LogP contribution in [0.25, 0.3) is 0 Å². The molecule has 2 aromatic rings. The van der Waals surface area contributed by atoms with Gasteiger partial charge in [0.2, 0.25) is 0 Å². The lowest BCUT2D eigenvalue weighted by Gasteiger charge is -2.07. The fraction of sp³-hybridized carbons (Fsp3) is 0.125. The van der Waals surface area contributed by atoms with Gasteiger partial charge in [-0.15, -0.1) is 0 Å². The Bertz CT molecular complexity index is 789. The van der Waals surface area contributed by atoms with Crippen molar-refractivity contribution in [3.05, 3.63) is 63.7 Å². The lowest BCUT2D eigenvalue weighted by Crippen LogP contribution is -2.18. The summed E-state index contributed by atoms with van der Waals surface area (Å²) in [6.45, 7) is 0. The van der Waals surface area contributed by atoms with Crippen molar-refractivity contribution in [2.24, 2.45) is 5.10 Å². The highest BCUT2D eigenvalue weighted by Crippen LogP contribution is 2.26. The number of ether oxygens (including phenoxy) is 2. The number of amides is 1. The van der Waals surface area contributed by atoms with Gasteiger partial charge in [0.1, 0.15) is 5.56 Å². The van der Waals surface area contributed by atoms with Crippen molar-refractivity contribution in [1.29, 1.82) is 0 Å². The van der Waals surface area contributed by atoms with Crippen LogP contribution in [0.3, 0.4) is 0 Å². The third-order valence-corrected chi connectivity index (χ3v) is 3.13. The van der Waals surface area contributed by atoms with E-state index in [9.17, 15) is 14.9 Å². The van der Waals surface area contributed by atoms with E-state index in [1.54, 1.807) is 24.3 Å². The molecule has 8 nitrogen and oxygen atoms in total. The van der Waals surface area contributed by atoms with Crippen molar-refractivity contribution in [3.63, 3.8) is 0 Å². The summed E-state index contributed by atoms with van der Waals surface area (Å²) >= 11 is 0. The number of nitro benzene ring substituents is 1. The highest BCUT2D eigenvalue weighted by molar-refractivity contribution is 5.98. The van der Waals surface area contributed by atoms with Crippen molar-refractivity contribution >= 4 is 17.8 Å². The topological polar surface area (TPSA) is 103 Å². The van der Waals surface area contributed by atoms with E-state index in [0.29, 0.717) is 17.1 Å². The predicted molar refractivity (Wildman–Crippen MR) is 87.7 cm³/mol. The quantitative estimate of drug-likeness (QED) is 0.498. The molecule has 124 valence electrons. The van der Waals surface area contributed by atoms with Crippen molar-refractivity contribution in [3.8, 4) is 11.5 Å². The van der Waals surface area contributed by atoms with Crippen LogP contribution < -0.4 is 14.9 Å². The molecule has 1 amide bonds. The summed E-state index contributed by atoms with van der Waals surface area (Å²) in [5.74, 6) is 0.420. The Kier molecular flexibility index (Phi) is 5.45. The van der Waals surface area contributed by atoms with Crippen molar-refractivity contribution in [2.75, 3.05) is 14.2 Å². The van der Waals surface area contributed by atoms with E-state index < -0.39 is 10.8 Å². The molecule has 0 radical (unpaired) electrons. The standard InChI is InChI=1S/C16H15N3O5/c1-23-14-8-7-11(9-15(14)24-2)10-17-18-16(20)12-5-3-4-6-13(12)19(21)22/h3-10H,1-2H3,(H,18,20)/b17-10-. The van der Waals surface area contributed by atoms with Gasteiger partial charge in [0.25, 0.3) is 11.6 Å². The maximum absolute atomic E-state index is 12.0. The Hall–Kier alpha value is -3.42. The monoisotopic (exact) mass is 329 g/mol. The van der Waals surface area contributed by atoms with Crippen LogP contribution in [-0.4, -0.2) is 31.3 Å². The molecule has 0 bridgehead atoms. The number of benzene rings is 2. The van der Waals surface area contributed by atoms with Gasteiger partial charge >= 0.3 is 0 Å². The average molecular weight is 329 g/mol. The third-order valence-electron chi connectivity index (χ3n) is 3.13. The van der Waals surface area contributed by atoms with Crippen LogP contribution >= 0.6 is 0 Å². The van der Waals surface area contributed by atoms with Gasteiger partial charge in [0.15, 0.2) is 11.5 Å². The number of hydrogen-bond acceptors (Lipinski definition) is 6. The molecule has 0 unspecified atom stereocenters. The predicted octanol–water partition coefficient (Wildman–Crippen LogP) is 2.38. The van der Waals surface area contributed by atoms with E-state index in [1.807, 2.05) is 0 Å². The van der Waals surface area contributed by atoms with Gasteiger partial charge in [-0.3, -0.25) is 14.9 Å². The Labute approximate surface area is 137 Å². The summed E-state index contributed by atoms with van der Waals surface area (Å²) in [6, 6.07) is 10.7. The maximum Gasteiger partial charge on any atom is 0.282 e. The fourth-order valence-electron chi connectivity index (χ4n) is 1.98. The summed E-state index contributed by atoms with van der Waals surface area (Å²) in [5, 5.41) is 14.7. The van der Waals surface area contributed by atoms with E-state index >= 15 is 0 Å². The molecule has 8 heteroatoms. The van der Waals surface area contributed by atoms with Gasteiger partial charge in [0.05, 0.1) is 25.4 Å². The van der Waals surface area contributed by atoms with Crippen LogP contribution in [0.5, 0.6) is 11.5 Å². The Morgan fingerprint density at radius 2 is 1.88 bits per heavy atom. The number of nitrogens with zero attached hydrogens (tertiary/aromatic N) is 2. The molecule has 0 saturated carbocycles. The van der Waals surface area contributed by atoms with Crippen LogP contribution in [0, 0.1) is 10.1 Å². The first-order chi connectivity index (χ1) is 11.6. The summed E-state index contributed by atoms with van der Waals surface area (Å²) < 4.78 is 10.3. The zero-order valence-electron chi connectivity index (χ0n) is 13.1. The number of hydrazone groups is 1. The smallest absolute Gasteiger partial charge is 0.282 e. The normalized spacial score (nSPS) is 10.4. The third kappa shape index (κ3) is 3.86. The van der Waals surface area contributed by atoms with Crippen LogP contribution in [0.1, 0.15) is 15.9 Å². The zero-order chi connectivity index (χ0) is 17.5. The first-order valence-electron chi connectivity index (χ1n) is 6.85. The molecule has 0 heterocycles. The molecule has 0 spiro atoms.